The van der Waals surface area contributed by atoms with Crippen molar-refractivity contribution in [3.8, 4) is 11.6 Å². The van der Waals surface area contributed by atoms with Crippen LogP contribution in [0, 0.1) is 5.92 Å². The molecule has 124 valence electrons. The largest absolute Gasteiger partial charge is 0.481 e. The van der Waals surface area contributed by atoms with Crippen molar-refractivity contribution in [3.63, 3.8) is 0 Å². The van der Waals surface area contributed by atoms with Gasteiger partial charge in [0.05, 0.1) is 11.5 Å². The van der Waals surface area contributed by atoms with E-state index in [9.17, 15) is 9.59 Å². The molecular formula is C18H18N2O4. The summed E-state index contributed by atoms with van der Waals surface area (Å²) in [6.07, 6.45) is 2.47. The molecule has 24 heavy (non-hydrogen) atoms. The van der Waals surface area contributed by atoms with Gasteiger partial charge >= 0.3 is 5.97 Å². The molecule has 1 fully saturated rings. The Kier molecular flexibility index (Phi) is 4.74. The van der Waals surface area contributed by atoms with Crippen LogP contribution in [0.25, 0.3) is 0 Å². The maximum Gasteiger partial charge on any atom is 0.306 e. The van der Waals surface area contributed by atoms with E-state index in [4.69, 9.17) is 9.84 Å². The zero-order valence-electron chi connectivity index (χ0n) is 13.1. The molecule has 0 unspecified atom stereocenters. The van der Waals surface area contributed by atoms with Crippen molar-refractivity contribution < 1.29 is 19.4 Å². The fraction of sp³-hybridized carbons (Fsp3) is 0.278. The molecule has 0 aliphatic carbocycles. The number of carboxylic acid groups (broad SMARTS) is 1. The number of rotatable bonds is 4. The first-order valence-corrected chi connectivity index (χ1v) is 7.84. The van der Waals surface area contributed by atoms with Gasteiger partial charge in [-0.25, -0.2) is 4.98 Å². The second-order valence-electron chi connectivity index (χ2n) is 5.70. The summed E-state index contributed by atoms with van der Waals surface area (Å²) in [6.45, 7) is 0.913. The van der Waals surface area contributed by atoms with Crippen LogP contribution >= 0.6 is 0 Å². The molecule has 1 aliphatic heterocycles. The summed E-state index contributed by atoms with van der Waals surface area (Å²) >= 11 is 0. The second kappa shape index (κ2) is 7.12. The van der Waals surface area contributed by atoms with E-state index in [1.807, 2.05) is 30.3 Å². The zero-order valence-corrected chi connectivity index (χ0v) is 13.1. The predicted molar refractivity (Wildman–Crippen MR) is 87.0 cm³/mol. The van der Waals surface area contributed by atoms with Gasteiger partial charge in [0.2, 0.25) is 5.88 Å². The molecule has 0 bridgehead atoms. The summed E-state index contributed by atoms with van der Waals surface area (Å²) < 4.78 is 5.60. The van der Waals surface area contributed by atoms with E-state index in [0.29, 0.717) is 43.1 Å². The van der Waals surface area contributed by atoms with Crippen molar-refractivity contribution in [2.45, 2.75) is 12.8 Å². The Morgan fingerprint density at radius 1 is 1.08 bits per heavy atom. The monoisotopic (exact) mass is 326 g/mol. The first kappa shape index (κ1) is 16.0. The summed E-state index contributed by atoms with van der Waals surface area (Å²) in [5.41, 5.74) is 0.476. The van der Waals surface area contributed by atoms with Gasteiger partial charge in [0.15, 0.2) is 0 Å². The number of ether oxygens (including phenoxy) is 1. The lowest BCUT2D eigenvalue weighted by Gasteiger charge is -2.30. The lowest BCUT2D eigenvalue weighted by atomic mass is 9.97. The summed E-state index contributed by atoms with van der Waals surface area (Å²) in [5, 5.41) is 9.00. The number of hydrogen-bond donors (Lipinski definition) is 1. The van der Waals surface area contributed by atoms with Crippen molar-refractivity contribution in [2.75, 3.05) is 13.1 Å². The number of carbonyl (C=O) groups is 2. The Bertz CT molecular complexity index is 708. The SMILES string of the molecule is O=C(O)C1CCN(C(=O)c2ccc(Oc3ccccc3)nc2)CC1. The third-order valence-corrected chi connectivity index (χ3v) is 4.08. The number of benzene rings is 1. The summed E-state index contributed by atoms with van der Waals surface area (Å²) in [4.78, 5) is 29.2. The van der Waals surface area contributed by atoms with Crippen molar-refractivity contribution >= 4 is 11.9 Å². The topological polar surface area (TPSA) is 79.7 Å². The van der Waals surface area contributed by atoms with Gasteiger partial charge in [0.25, 0.3) is 5.91 Å². The highest BCUT2D eigenvalue weighted by molar-refractivity contribution is 5.94. The van der Waals surface area contributed by atoms with Crippen LogP contribution in [0.15, 0.2) is 48.7 Å². The molecule has 2 aromatic rings. The van der Waals surface area contributed by atoms with Gasteiger partial charge < -0.3 is 14.7 Å². The minimum absolute atomic E-state index is 0.127. The molecule has 1 saturated heterocycles. The van der Waals surface area contributed by atoms with E-state index >= 15 is 0 Å². The van der Waals surface area contributed by atoms with Crippen molar-refractivity contribution in [1.29, 1.82) is 0 Å². The molecule has 6 nitrogen and oxygen atoms in total. The van der Waals surface area contributed by atoms with E-state index in [-0.39, 0.29) is 11.8 Å². The molecule has 1 aromatic carbocycles. The molecule has 0 saturated carbocycles. The van der Waals surface area contributed by atoms with E-state index in [1.54, 1.807) is 17.0 Å². The number of aliphatic carboxylic acids is 1. The molecule has 1 aromatic heterocycles. The van der Waals surface area contributed by atoms with E-state index in [2.05, 4.69) is 4.98 Å². The average molecular weight is 326 g/mol. The Morgan fingerprint density at radius 3 is 2.38 bits per heavy atom. The number of likely N-dealkylation sites (tertiary alicyclic amines) is 1. The molecule has 3 rings (SSSR count). The highest BCUT2D eigenvalue weighted by atomic mass is 16.5. The molecule has 0 spiro atoms. The number of pyridine rings is 1. The molecular weight excluding hydrogens is 308 g/mol. The number of para-hydroxylation sites is 1. The summed E-state index contributed by atoms with van der Waals surface area (Å²) in [6, 6.07) is 12.6. The highest BCUT2D eigenvalue weighted by Gasteiger charge is 2.27. The fourth-order valence-electron chi connectivity index (χ4n) is 2.69. The quantitative estimate of drug-likeness (QED) is 0.934. The third-order valence-electron chi connectivity index (χ3n) is 4.08. The van der Waals surface area contributed by atoms with Gasteiger partial charge in [0, 0.05) is 25.4 Å². The maximum absolute atomic E-state index is 12.4. The standard InChI is InChI=1S/C18H18N2O4/c21-17(20-10-8-13(9-11-20)18(22)23)14-6-7-16(19-12-14)24-15-4-2-1-3-5-15/h1-7,12-13H,8-11H2,(H,22,23). The number of carboxylic acids is 1. The number of piperidine rings is 1. The zero-order chi connectivity index (χ0) is 16.9. The maximum atomic E-state index is 12.4. The average Bonchev–Trinajstić information content (AvgIpc) is 2.63. The lowest BCUT2D eigenvalue weighted by Crippen LogP contribution is -2.40. The number of nitrogens with zero attached hydrogens (tertiary/aromatic N) is 2. The van der Waals surface area contributed by atoms with E-state index < -0.39 is 5.97 Å². The molecule has 0 radical (unpaired) electrons. The first-order valence-electron chi connectivity index (χ1n) is 7.84. The van der Waals surface area contributed by atoms with Crippen LogP contribution in [0.3, 0.4) is 0 Å². The smallest absolute Gasteiger partial charge is 0.306 e. The predicted octanol–water partition coefficient (Wildman–Crippen LogP) is 2.81. The molecule has 6 heteroatoms. The molecule has 1 N–H and O–H groups in total. The number of carbonyl (C=O) groups excluding carboxylic acids is 1. The van der Waals surface area contributed by atoms with Gasteiger partial charge in [-0.1, -0.05) is 18.2 Å². The van der Waals surface area contributed by atoms with Crippen molar-refractivity contribution in [2.24, 2.45) is 5.92 Å². The van der Waals surface area contributed by atoms with Crippen molar-refractivity contribution in [1.82, 2.24) is 9.88 Å². The van der Waals surface area contributed by atoms with E-state index in [1.165, 1.54) is 6.20 Å². The van der Waals surface area contributed by atoms with E-state index in [0.717, 1.165) is 0 Å². The Balaban J connectivity index is 1.61. The number of amides is 1. The van der Waals surface area contributed by atoms with Crippen LogP contribution in [-0.2, 0) is 4.79 Å². The van der Waals surface area contributed by atoms with Gasteiger partial charge in [-0.3, -0.25) is 9.59 Å². The Morgan fingerprint density at radius 2 is 1.79 bits per heavy atom. The first-order chi connectivity index (χ1) is 11.6. The van der Waals surface area contributed by atoms with Crippen LogP contribution in [0.5, 0.6) is 11.6 Å². The van der Waals surface area contributed by atoms with Crippen LogP contribution in [0.4, 0.5) is 0 Å². The summed E-state index contributed by atoms with van der Waals surface area (Å²) in [7, 11) is 0. The second-order valence-corrected chi connectivity index (χ2v) is 5.70. The van der Waals surface area contributed by atoms with Crippen molar-refractivity contribution in [3.05, 3.63) is 54.2 Å². The van der Waals surface area contributed by atoms with Crippen LogP contribution in [-0.4, -0.2) is 40.0 Å². The Labute approximate surface area is 139 Å². The molecule has 2 heterocycles. The summed E-state index contributed by atoms with van der Waals surface area (Å²) in [5.74, 6) is -0.167. The Hall–Kier alpha value is -2.89. The van der Waals surface area contributed by atoms with Crippen LogP contribution in [0.1, 0.15) is 23.2 Å². The van der Waals surface area contributed by atoms with Gasteiger partial charge in [-0.05, 0) is 31.0 Å². The number of aromatic nitrogens is 1. The minimum atomic E-state index is -0.786. The number of hydrogen-bond acceptors (Lipinski definition) is 4. The fourth-order valence-corrected chi connectivity index (χ4v) is 2.69. The highest BCUT2D eigenvalue weighted by Crippen LogP contribution is 2.21. The molecule has 0 atom stereocenters. The third kappa shape index (κ3) is 3.71. The van der Waals surface area contributed by atoms with Gasteiger partial charge in [-0.2, -0.15) is 0 Å². The molecule has 1 aliphatic rings. The van der Waals surface area contributed by atoms with Gasteiger partial charge in [-0.15, -0.1) is 0 Å². The van der Waals surface area contributed by atoms with Crippen LogP contribution < -0.4 is 4.74 Å². The lowest BCUT2D eigenvalue weighted by molar-refractivity contribution is -0.143. The van der Waals surface area contributed by atoms with Crippen LogP contribution in [0.2, 0.25) is 0 Å². The molecule has 1 amide bonds. The normalized spacial score (nSPS) is 15.1. The minimum Gasteiger partial charge on any atom is -0.481 e. The van der Waals surface area contributed by atoms with Gasteiger partial charge in [0.1, 0.15) is 5.75 Å².